The number of ether oxygens (including phenoxy) is 2. The van der Waals surface area contributed by atoms with Crippen molar-refractivity contribution in [3.05, 3.63) is 41.7 Å². The Morgan fingerprint density at radius 2 is 2.12 bits per heavy atom. The minimum absolute atomic E-state index is 0.162. The summed E-state index contributed by atoms with van der Waals surface area (Å²) in [6.07, 6.45) is -2.32. The lowest BCUT2D eigenvalue weighted by Crippen LogP contribution is -2.33. The van der Waals surface area contributed by atoms with E-state index in [2.05, 4.69) is 10.4 Å². The van der Waals surface area contributed by atoms with Crippen molar-refractivity contribution in [1.29, 1.82) is 0 Å². The fourth-order valence-electron chi connectivity index (χ4n) is 2.81. The van der Waals surface area contributed by atoms with E-state index >= 15 is 0 Å². The molecule has 26 heavy (non-hydrogen) atoms. The van der Waals surface area contributed by atoms with Gasteiger partial charge in [0.15, 0.2) is 5.69 Å². The summed E-state index contributed by atoms with van der Waals surface area (Å²) in [4.78, 5) is 12.3. The maximum Gasteiger partial charge on any atom is 0.434 e. The molecule has 1 amide bonds. The van der Waals surface area contributed by atoms with Crippen LogP contribution in [-0.2, 0) is 10.9 Å². The van der Waals surface area contributed by atoms with Gasteiger partial charge < -0.3 is 14.8 Å². The molecule has 6 nitrogen and oxygen atoms in total. The third kappa shape index (κ3) is 3.82. The van der Waals surface area contributed by atoms with Crippen LogP contribution in [0.5, 0.6) is 5.75 Å². The predicted octanol–water partition coefficient (Wildman–Crippen LogP) is 2.81. The minimum Gasteiger partial charge on any atom is -0.497 e. The standard InChI is InChI=1S/C17H18F3N3O3/c1-25-12-6-4-11(5-7-12)23-15(17(18,19)20)14(10-22-23)16(24)21-9-13-3-2-8-26-13/h4-7,10,13H,2-3,8-9H2,1H3,(H,21,24). The van der Waals surface area contributed by atoms with E-state index in [-0.39, 0.29) is 18.3 Å². The van der Waals surface area contributed by atoms with Crippen LogP contribution in [0.15, 0.2) is 30.5 Å². The highest BCUT2D eigenvalue weighted by atomic mass is 19.4. The van der Waals surface area contributed by atoms with Gasteiger partial charge in [-0.05, 0) is 37.1 Å². The summed E-state index contributed by atoms with van der Waals surface area (Å²) in [5.74, 6) is -0.323. The van der Waals surface area contributed by atoms with Crippen LogP contribution in [0.2, 0.25) is 0 Å². The molecule has 2 heterocycles. The second kappa shape index (κ2) is 7.36. The van der Waals surface area contributed by atoms with E-state index in [1.54, 1.807) is 0 Å². The summed E-state index contributed by atoms with van der Waals surface area (Å²) in [5, 5.41) is 6.27. The van der Waals surface area contributed by atoms with Gasteiger partial charge in [-0.15, -0.1) is 0 Å². The van der Waals surface area contributed by atoms with E-state index in [0.29, 0.717) is 17.0 Å². The molecule has 140 valence electrons. The smallest absolute Gasteiger partial charge is 0.434 e. The lowest BCUT2D eigenvalue weighted by molar-refractivity contribution is -0.143. The number of methoxy groups -OCH3 is 1. The lowest BCUT2D eigenvalue weighted by atomic mass is 10.2. The normalized spacial score (nSPS) is 17.3. The Bertz CT molecular complexity index is 766. The summed E-state index contributed by atoms with van der Waals surface area (Å²) in [6, 6.07) is 5.92. The molecule has 1 aliphatic rings. The molecule has 1 aromatic carbocycles. The van der Waals surface area contributed by atoms with E-state index in [4.69, 9.17) is 9.47 Å². The average molecular weight is 369 g/mol. The number of hydrogen-bond acceptors (Lipinski definition) is 4. The van der Waals surface area contributed by atoms with Gasteiger partial charge in [0.05, 0.1) is 30.7 Å². The zero-order valence-electron chi connectivity index (χ0n) is 14.0. The van der Waals surface area contributed by atoms with Crippen LogP contribution in [0.4, 0.5) is 13.2 Å². The van der Waals surface area contributed by atoms with Crippen LogP contribution < -0.4 is 10.1 Å². The van der Waals surface area contributed by atoms with E-state index in [1.807, 2.05) is 0 Å². The number of aromatic nitrogens is 2. The molecule has 1 aliphatic heterocycles. The Morgan fingerprint density at radius 1 is 1.38 bits per heavy atom. The van der Waals surface area contributed by atoms with Crippen molar-refractivity contribution in [2.45, 2.75) is 25.1 Å². The second-order valence-electron chi connectivity index (χ2n) is 5.86. The number of hydrogen-bond donors (Lipinski definition) is 1. The molecule has 9 heteroatoms. The van der Waals surface area contributed by atoms with E-state index in [0.717, 1.165) is 19.0 Å². The predicted molar refractivity (Wildman–Crippen MR) is 86.4 cm³/mol. The Kier molecular flexibility index (Phi) is 5.17. The molecule has 0 saturated carbocycles. The first kappa shape index (κ1) is 18.2. The van der Waals surface area contributed by atoms with Crippen LogP contribution in [0.3, 0.4) is 0 Å². The van der Waals surface area contributed by atoms with Crippen LogP contribution in [0, 0.1) is 0 Å². The van der Waals surface area contributed by atoms with Gasteiger partial charge in [-0.25, -0.2) is 4.68 Å². The molecule has 0 spiro atoms. The summed E-state index contributed by atoms with van der Waals surface area (Å²) < 4.78 is 51.8. The largest absolute Gasteiger partial charge is 0.497 e. The van der Waals surface area contributed by atoms with Crippen molar-refractivity contribution in [1.82, 2.24) is 15.1 Å². The Hall–Kier alpha value is -2.55. The molecule has 3 rings (SSSR count). The molecule has 1 fully saturated rings. The topological polar surface area (TPSA) is 65.4 Å². The molecule has 2 aromatic rings. The van der Waals surface area contributed by atoms with E-state index in [1.165, 1.54) is 31.4 Å². The van der Waals surface area contributed by atoms with Crippen molar-refractivity contribution >= 4 is 5.91 Å². The van der Waals surface area contributed by atoms with Crippen molar-refractivity contribution in [2.24, 2.45) is 0 Å². The number of alkyl halides is 3. The lowest BCUT2D eigenvalue weighted by Gasteiger charge is -2.14. The van der Waals surface area contributed by atoms with Gasteiger partial charge in [0.1, 0.15) is 5.75 Å². The van der Waals surface area contributed by atoms with E-state index in [9.17, 15) is 18.0 Å². The Labute approximate surface area is 147 Å². The van der Waals surface area contributed by atoms with Gasteiger partial charge in [0.25, 0.3) is 5.91 Å². The fraction of sp³-hybridized carbons (Fsp3) is 0.412. The van der Waals surface area contributed by atoms with Crippen LogP contribution >= 0.6 is 0 Å². The number of benzene rings is 1. The SMILES string of the molecule is COc1ccc(-n2ncc(C(=O)NCC3CCCO3)c2C(F)(F)F)cc1. The molecule has 1 aromatic heterocycles. The van der Waals surface area contributed by atoms with Gasteiger partial charge in [-0.3, -0.25) is 4.79 Å². The third-order valence-corrected chi connectivity index (χ3v) is 4.11. The number of amides is 1. The van der Waals surface area contributed by atoms with Gasteiger partial charge in [-0.1, -0.05) is 0 Å². The first-order valence-corrected chi connectivity index (χ1v) is 8.09. The van der Waals surface area contributed by atoms with Crippen LogP contribution in [0.1, 0.15) is 28.9 Å². The molecule has 1 unspecified atom stereocenters. The molecule has 0 bridgehead atoms. The molecule has 0 aliphatic carbocycles. The van der Waals surface area contributed by atoms with Crippen molar-refractivity contribution < 1.29 is 27.4 Å². The zero-order valence-corrected chi connectivity index (χ0v) is 14.0. The number of nitrogens with zero attached hydrogens (tertiary/aromatic N) is 2. The summed E-state index contributed by atoms with van der Waals surface area (Å²) in [7, 11) is 1.46. The highest BCUT2D eigenvalue weighted by Gasteiger charge is 2.40. The van der Waals surface area contributed by atoms with Crippen molar-refractivity contribution in [3.63, 3.8) is 0 Å². The quantitative estimate of drug-likeness (QED) is 0.880. The molecule has 1 N–H and O–H groups in total. The molecule has 0 radical (unpaired) electrons. The third-order valence-electron chi connectivity index (χ3n) is 4.11. The maximum absolute atomic E-state index is 13.6. The fourth-order valence-corrected chi connectivity index (χ4v) is 2.81. The van der Waals surface area contributed by atoms with Crippen molar-refractivity contribution in [3.8, 4) is 11.4 Å². The van der Waals surface area contributed by atoms with Crippen molar-refractivity contribution in [2.75, 3.05) is 20.3 Å². The van der Waals surface area contributed by atoms with Crippen LogP contribution in [-0.4, -0.2) is 42.1 Å². The number of nitrogens with one attached hydrogen (secondary N) is 1. The average Bonchev–Trinajstić information content (AvgIpc) is 3.29. The van der Waals surface area contributed by atoms with Gasteiger partial charge in [0.2, 0.25) is 0 Å². The summed E-state index contributed by atoms with van der Waals surface area (Å²) in [5.41, 5.74) is -1.46. The summed E-state index contributed by atoms with van der Waals surface area (Å²) in [6.45, 7) is 0.771. The number of halogens is 3. The monoisotopic (exact) mass is 369 g/mol. The first-order valence-electron chi connectivity index (χ1n) is 8.09. The molecule has 1 atom stereocenters. The highest BCUT2D eigenvalue weighted by molar-refractivity contribution is 5.95. The van der Waals surface area contributed by atoms with Gasteiger partial charge in [-0.2, -0.15) is 18.3 Å². The maximum atomic E-state index is 13.6. The second-order valence-corrected chi connectivity index (χ2v) is 5.86. The Balaban J connectivity index is 1.87. The van der Waals surface area contributed by atoms with E-state index < -0.39 is 23.3 Å². The van der Waals surface area contributed by atoms with Crippen LogP contribution in [0.25, 0.3) is 5.69 Å². The Morgan fingerprint density at radius 3 is 2.69 bits per heavy atom. The zero-order chi connectivity index (χ0) is 18.7. The van der Waals surface area contributed by atoms with Gasteiger partial charge in [0, 0.05) is 13.2 Å². The summed E-state index contributed by atoms with van der Waals surface area (Å²) >= 11 is 0. The minimum atomic E-state index is -4.74. The highest BCUT2D eigenvalue weighted by Crippen LogP contribution is 2.34. The number of carbonyl (C=O) groups is 1. The molecular weight excluding hydrogens is 351 g/mol. The molecular formula is C17H18F3N3O3. The first-order chi connectivity index (χ1) is 12.4. The number of rotatable bonds is 5. The number of carbonyl (C=O) groups excluding carboxylic acids is 1. The van der Waals surface area contributed by atoms with Gasteiger partial charge >= 0.3 is 6.18 Å². The molecule has 1 saturated heterocycles.